The van der Waals surface area contributed by atoms with Gasteiger partial charge in [0.2, 0.25) is 0 Å². The van der Waals surface area contributed by atoms with E-state index in [0.717, 1.165) is 6.07 Å². The summed E-state index contributed by atoms with van der Waals surface area (Å²) in [4.78, 5) is 2.94. The molecule has 2 nitrogen and oxygen atoms in total. The molecule has 0 unspecified atom stereocenters. The first-order chi connectivity index (χ1) is 21.2. The van der Waals surface area contributed by atoms with Crippen LogP contribution in [0.1, 0.15) is 17.8 Å². The number of aromatic nitrogens is 2. The van der Waals surface area contributed by atoms with E-state index >= 15 is 0 Å². The Morgan fingerprint density at radius 2 is 1.22 bits per heavy atom. The Bertz CT molecular complexity index is 2450. The topological polar surface area (TPSA) is 20.7 Å². The molecule has 7 aromatic rings. The SMILES string of the molecule is [2H]c1cc([2H])c(-n2c3c([2H])cc([2H])c([2H])c3c3c([2H])c(-c4cc([2H])c5[nH]c6c([2H])cc([2H])c([2H])c6c5c4[2H])cc([2H])c32)c([2H])c1. The Morgan fingerprint density at radius 1 is 0.562 bits per heavy atom. The molecule has 32 heavy (non-hydrogen) atoms. The highest BCUT2D eigenvalue weighted by Gasteiger charge is 2.13. The van der Waals surface area contributed by atoms with Crippen molar-refractivity contribution in [1.82, 2.24) is 9.55 Å². The van der Waals surface area contributed by atoms with E-state index in [9.17, 15) is 1.37 Å². The fourth-order valence-corrected chi connectivity index (χ4v) is 4.06. The van der Waals surface area contributed by atoms with Crippen LogP contribution in [-0.2, 0) is 0 Å². The lowest BCUT2D eigenvalue weighted by Crippen LogP contribution is -1.92. The number of hydrogen-bond acceptors (Lipinski definition) is 0. The monoisotopic (exact) mass is 421 g/mol. The predicted molar refractivity (Wildman–Crippen MR) is 136 cm³/mol. The maximum Gasteiger partial charge on any atom is 0.0645 e. The molecule has 0 atom stereocenters. The summed E-state index contributed by atoms with van der Waals surface area (Å²) in [5, 5.41) is 0.202. The number of nitrogens with one attached hydrogen (secondary N) is 1. The Kier molecular flexibility index (Phi) is 1.87. The minimum Gasteiger partial charge on any atom is -0.355 e. The second-order valence-electron chi connectivity index (χ2n) is 7.27. The summed E-state index contributed by atoms with van der Waals surface area (Å²) in [7, 11) is 0. The quantitative estimate of drug-likeness (QED) is 0.291. The van der Waals surface area contributed by atoms with Gasteiger partial charge in [-0.05, 0) is 59.5 Å². The van der Waals surface area contributed by atoms with Crippen LogP contribution in [0.4, 0.5) is 0 Å². The molecule has 0 aliphatic carbocycles. The van der Waals surface area contributed by atoms with Crippen molar-refractivity contribution in [2.45, 2.75) is 0 Å². The zero-order valence-electron chi connectivity index (χ0n) is 29.4. The first-order valence-electron chi connectivity index (χ1n) is 16.4. The van der Waals surface area contributed by atoms with Crippen LogP contribution in [-0.4, -0.2) is 9.55 Å². The second-order valence-corrected chi connectivity index (χ2v) is 7.27. The lowest BCUT2D eigenvalue weighted by Gasteiger charge is -2.08. The van der Waals surface area contributed by atoms with Gasteiger partial charge in [-0.25, -0.2) is 0 Å². The molecular weight excluding hydrogens is 388 g/mol. The molecule has 2 heterocycles. The Labute approximate surface area is 203 Å². The van der Waals surface area contributed by atoms with E-state index in [1.807, 2.05) is 0 Å². The minimum absolute atomic E-state index is 0.00280. The first kappa shape index (κ1) is 9.05. The molecule has 0 bridgehead atoms. The third kappa shape index (κ3) is 2.47. The maximum atomic E-state index is 9.35. The molecule has 0 fully saturated rings. The largest absolute Gasteiger partial charge is 0.355 e. The smallest absolute Gasteiger partial charge is 0.0645 e. The zero-order chi connectivity index (χ0) is 32.4. The Hall–Kier alpha value is -4.30. The van der Waals surface area contributed by atoms with Crippen LogP contribution in [0.15, 0.2) is 115 Å². The number of H-pyrrole nitrogens is 1. The lowest BCUT2D eigenvalue weighted by molar-refractivity contribution is 1.18. The molecule has 0 aliphatic heterocycles. The van der Waals surface area contributed by atoms with Crippen molar-refractivity contribution >= 4 is 43.6 Å². The summed E-state index contributed by atoms with van der Waals surface area (Å²) in [6, 6.07) is 4.56. The molecule has 5 aromatic carbocycles. The molecule has 1 N–H and O–H groups in total. The summed E-state index contributed by atoms with van der Waals surface area (Å²) in [6.07, 6.45) is 0. The van der Waals surface area contributed by atoms with Gasteiger partial charge in [-0.3, -0.25) is 0 Å². The number of para-hydroxylation sites is 3. The van der Waals surface area contributed by atoms with Crippen molar-refractivity contribution in [3.8, 4) is 16.8 Å². The summed E-state index contributed by atoms with van der Waals surface area (Å²) >= 11 is 0. The zero-order valence-corrected chi connectivity index (χ0v) is 16.4. The molecule has 0 aliphatic rings. The van der Waals surface area contributed by atoms with Gasteiger partial charge in [0.25, 0.3) is 0 Å². The van der Waals surface area contributed by atoms with Crippen molar-refractivity contribution in [3.05, 3.63) is 115 Å². The molecule has 0 spiro atoms. The average molecular weight is 422 g/mol. The predicted octanol–water partition coefficient (Wildman–Crippen LogP) is 8.09. The van der Waals surface area contributed by atoms with Crippen LogP contribution in [0.25, 0.3) is 60.4 Å². The molecule has 2 aromatic heterocycles. The molecular formula is C30H20N2. The Morgan fingerprint density at radius 3 is 2.09 bits per heavy atom. The molecule has 0 radical (unpaired) electrons. The average Bonchev–Trinajstić information content (AvgIpc) is 3.54. The van der Waals surface area contributed by atoms with Crippen molar-refractivity contribution in [1.29, 1.82) is 0 Å². The molecule has 150 valence electrons. The molecule has 2 heteroatoms. The van der Waals surface area contributed by atoms with Crippen LogP contribution in [0, 0.1) is 0 Å². The van der Waals surface area contributed by atoms with Crippen LogP contribution >= 0.6 is 0 Å². The normalized spacial score (nSPS) is 17.4. The highest BCUT2D eigenvalue weighted by molar-refractivity contribution is 6.11. The van der Waals surface area contributed by atoms with E-state index < -0.39 is 0 Å². The summed E-state index contributed by atoms with van der Waals surface area (Å²) in [5.74, 6) is 0. The number of fused-ring (bicyclic) bond motifs is 6. The third-order valence-corrected chi connectivity index (χ3v) is 5.47. The summed E-state index contributed by atoms with van der Waals surface area (Å²) < 4.78 is 113. The first-order valence-corrected chi connectivity index (χ1v) is 9.88. The van der Waals surface area contributed by atoms with Crippen molar-refractivity contribution < 1.29 is 17.8 Å². The number of nitrogens with zero attached hydrogens (tertiary/aromatic N) is 1. The van der Waals surface area contributed by atoms with Gasteiger partial charge in [0, 0.05) is 38.3 Å². The molecule has 0 amide bonds. The van der Waals surface area contributed by atoms with E-state index in [1.54, 1.807) is 0 Å². The van der Waals surface area contributed by atoms with Gasteiger partial charge in [0.1, 0.15) is 0 Å². The van der Waals surface area contributed by atoms with Gasteiger partial charge in [-0.1, -0.05) is 66.6 Å². The van der Waals surface area contributed by atoms with Crippen molar-refractivity contribution in [2.24, 2.45) is 0 Å². The fraction of sp³-hybridized carbons (Fsp3) is 0. The fourth-order valence-electron chi connectivity index (χ4n) is 4.06. The number of rotatable bonds is 2. The highest BCUT2D eigenvalue weighted by Crippen LogP contribution is 2.36. The standard InChI is InChI=1S/C30H20N2/c1-2-8-22(9-3-1)32-29-13-7-5-11-24(29)26-19-21(15-17-30(26)32)20-14-16-28-25(18-20)23-10-4-6-12-27(23)31-28/h1-19,31H/i1D,4D,5D,8D,9D,10D,11D,12D,13D,16D,17D,18D,19D. The molecule has 0 saturated carbocycles. The van der Waals surface area contributed by atoms with Gasteiger partial charge in [0.15, 0.2) is 0 Å². The highest BCUT2D eigenvalue weighted by atomic mass is 15.0. The van der Waals surface area contributed by atoms with Crippen LogP contribution in [0.5, 0.6) is 0 Å². The van der Waals surface area contributed by atoms with Gasteiger partial charge in [-0.15, -0.1) is 0 Å². The lowest BCUT2D eigenvalue weighted by atomic mass is 10.0. The van der Waals surface area contributed by atoms with Gasteiger partial charge in [0.05, 0.1) is 28.9 Å². The maximum absolute atomic E-state index is 9.35. The van der Waals surface area contributed by atoms with Crippen LogP contribution in [0.3, 0.4) is 0 Å². The van der Waals surface area contributed by atoms with E-state index in [0.29, 0.717) is 0 Å². The van der Waals surface area contributed by atoms with E-state index in [1.165, 1.54) is 34.9 Å². The molecule has 7 rings (SSSR count). The number of hydrogen-bond donors (Lipinski definition) is 1. The third-order valence-electron chi connectivity index (χ3n) is 5.47. The number of benzene rings is 5. The van der Waals surface area contributed by atoms with Gasteiger partial charge in [-0.2, -0.15) is 0 Å². The van der Waals surface area contributed by atoms with Gasteiger partial charge < -0.3 is 9.55 Å². The van der Waals surface area contributed by atoms with E-state index in [-0.39, 0.29) is 139 Å². The Balaban J connectivity index is 1.67. The van der Waals surface area contributed by atoms with Crippen molar-refractivity contribution in [3.63, 3.8) is 0 Å². The van der Waals surface area contributed by atoms with E-state index in [2.05, 4.69) is 4.98 Å². The summed E-state index contributed by atoms with van der Waals surface area (Å²) in [6.45, 7) is 0. The second kappa shape index (κ2) is 6.60. The van der Waals surface area contributed by atoms with Crippen LogP contribution < -0.4 is 0 Å². The summed E-state index contributed by atoms with van der Waals surface area (Å²) in [5.41, 5.74) is 0.399. The minimum atomic E-state index is -0.339. The molecule has 0 saturated heterocycles. The van der Waals surface area contributed by atoms with Crippen LogP contribution in [0.2, 0.25) is 0 Å². The van der Waals surface area contributed by atoms with Crippen molar-refractivity contribution in [2.75, 3.05) is 0 Å². The number of aromatic amines is 1. The van der Waals surface area contributed by atoms with E-state index in [4.69, 9.17) is 16.4 Å². The van der Waals surface area contributed by atoms with Gasteiger partial charge >= 0.3 is 0 Å².